The van der Waals surface area contributed by atoms with Crippen molar-refractivity contribution in [3.8, 4) is 11.8 Å². The van der Waals surface area contributed by atoms with Gasteiger partial charge in [-0.05, 0) is 49.6 Å². The van der Waals surface area contributed by atoms with Gasteiger partial charge < -0.3 is 5.11 Å². The molecule has 1 saturated heterocycles. The van der Waals surface area contributed by atoms with Gasteiger partial charge in [-0.1, -0.05) is 11.8 Å². The minimum absolute atomic E-state index is 0.234. The zero-order chi connectivity index (χ0) is 12.8. The largest absolute Gasteiger partial charge is 0.396 e. The number of nitrogens with zero attached hydrogens (tertiary/aromatic N) is 1. The van der Waals surface area contributed by atoms with Crippen LogP contribution < -0.4 is 0 Å². The van der Waals surface area contributed by atoms with Crippen molar-refractivity contribution >= 4 is 0 Å². The molecule has 0 spiro atoms. The Morgan fingerprint density at radius 3 is 2.83 bits per heavy atom. The summed E-state index contributed by atoms with van der Waals surface area (Å²) < 4.78 is 12.7. The van der Waals surface area contributed by atoms with Gasteiger partial charge in [-0.2, -0.15) is 0 Å². The lowest BCUT2D eigenvalue weighted by Gasteiger charge is -2.30. The van der Waals surface area contributed by atoms with E-state index in [2.05, 4.69) is 16.7 Å². The van der Waals surface area contributed by atoms with Crippen molar-refractivity contribution in [1.82, 2.24) is 4.90 Å². The maximum Gasteiger partial charge on any atom is 0.123 e. The van der Waals surface area contributed by atoms with Crippen LogP contribution in [-0.2, 0) is 0 Å². The molecule has 0 aromatic heterocycles. The number of hydrogen-bond donors (Lipinski definition) is 1. The highest BCUT2D eigenvalue weighted by atomic mass is 19.1. The lowest BCUT2D eigenvalue weighted by molar-refractivity contribution is 0.130. The van der Waals surface area contributed by atoms with Crippen LogP contribution in [0.2, 0.25) is 0 Å². The average Bonchev–Trinajstić information content (AvgIpc) is 2.41. The quantitative estimate of drug-likeness (QED) is 0.807. The number of halogens is 1. The molecule has 1 aromatic rings. The zero-order valence-electron chi connectivity index (χ0n) is 10.4. The SMILES string of the molecule is OCC1CCCN(CC#Cc2ccc(F)cc2)C1. The molecule has 1 aromatic carbocycles. The van der Waals surface area contributed by atoms with Crippen molar-refractivity contribution in [2.75, 3.05) is 26.2 Å². The first kappa shape index (κ1) is 13.1. The summed E-state index contributed by atoms with van der Waals surface area (Å²) in [6.45, 7) is 2.96. The molecule has 1 N–H and O–H groups in total. The Hall–Kier alpha value is -1.37. The highest BCUT2D eigenvalue weighted by Crippen LogP contribution is 2.14. The van der Waals surface area contributed by atoms with Crippen molar-refractivity contribution in [3.63, 3.8) is 0 Å². The van der Waals surface area contributed by atoms with Gasteiger partial charge in [0.1, 0.15) is 5.82 Å². The van der Waals surface area contributed by atoms with Gasteiger partial charge in [0.15, 0.2) is 0 Å². The highest BCUT2D eigenvalue weighted by Gasteiger charge is 2.17. The third-order valence-corrected chi connectivity index (χ3v) is 3.24. The van der Waals surface area contributed by atoms with Crippen LogP contribution in [0.4, 0.5) is 4.39 Å². The smallest absolute Gasteiger partial charge is 0.123 e. The highest BCUT2D eigenvalue weighted by molar-refractivity contribution is 5.34. The summed E-state index contributed by atoms with van der Waals surface area (Å²) in [6, 6.07) is 6.23. The van der Waals surface area contributed by atoms with Crippen LogP contribution in [0.15, 0.2) is 24.3 Å². The maximum absolute atomic E-state index is 12.7. The summed E-state index contributed by atoms with van der Waals surface area (Å²) >= 11 is 0. The van der Waals surface area contributed by atoms with Gasteiger partial charge in [0.05, 0.1) is 6.54 Å². The summed E-state index contributed by atoms with van der Waals surface area (Å²) in [4.78, 5) is 2.26. The van der Waals surface area contributed by atoms with E-state index in [1.54, 1.807) is 12.1 Å². The third-order valence-electron chi connectivity index (χ3n) is 3.24. The van der Waals surface area contributed by atoms with E-state index in [0.29, 0.717) is 12.5 Å². The molecule has 0 bridgehead atoms. The van der Waals surface area contributed by atoms with Crippen molar-refractivity contribution < 1.29 is 9.50 Å². The number of benzene rings is 1. The third kappa shape index (κ3) is 3.83. The molecule has 1 aliphatic heterocycles. The van der Waals surface area contributed by atoms with Crippen LogP contribution >= 0.6 is 0 Å². The number of aliphatic hydroxyl groups is 1. The second-order valence-electron chi connectivity index (χ2n) is 4.73. The topological polar surface area (TPSA) is 23.5 Å². The van der Waals surface area contributed by atoms with Crippen LogP contribution in [0, 0.1) is 23.6 Å². The molecule has 1 heterocycles. The van der Waals surface area contributed by atoms with Gasteiger partial charge >= 0.3 is 0 Å². The number of piperidine rings is 1. The summed E-state index contributed by atoms with van der Waals surface area (Å²) in [5.74, 6) is 6.30. The van der Waals surface area contributed by atoms with Crippen molar-refractivity contribution in [1.29, 1.82) is 0 Å². The lowest BCUT2D eigenvalue weighted by Crippen LogP contribution is -2.36. The Balaban J connectivity index is 1.86. The monoisotopic (exact) mass is 247 g/mol. The molecule has 2 nitrogen and oxygen atoms in total. The predicted octanol–water partition coefficient (Wildman–Crippen LogP) is 1.88. The molecule has 0 aliphatic carbocycles. The first-order valence-corrected chi connectivity index (χ1v) is 6.35. The van der Waals surface area contributed by atoms with E-state index < -0.39 is 0 Å². The van der Waals surface area contributed by atoms with E-state index in [1.807, 2.05) is 0 Å². The molecule has 0 saturated carbocycles. The Bertz CT molecular complexity index is 432. The van der Waals surface area contributed by atoms with Crippen molar-refractivity contribution in [2.24, 2.45) is 5.92 Å². The van der Waals surface area contributed by atoms with Crippen LogP contribution in [0.3, 0.4) is 0 Å². The Morgan fingerprint density at radius 1 is 1.33 bits per heavy atom. The molecule has 1 fully saturated rings. The molecule has 18 heavy (non-hydrogen) atoms. The molecule has 1 atom stereocenters. The van der Waals surface area contributed by atoms with E-state index in [9.17, 15) is 4.39 Å². The molecule has 2 rings (SSSR count). The van der Waals surface area contributed by atoms with Crippen LogP contribution in [0.25, 0.3) is 0 Å². The molecular formula is C15H18FNO. The Labute approximate surface area is 107 Å². The van der Waals surface area contributed by atoms with Gasteiger partial charge in [0.25, 0.3) is 0 Å². The molecule has 1 aliphatic rings. The van der Waals surface area contributed by atoms with E-state index in [0.717, 1.165) is 31.5 Å². The van der Waals surface area contributed by atoms with Crippen molar-refractivity contribution in [2.45, 2.75) is 12.8 Å². The average molecular weight is 247 g/mol. The second kappa shape index (κ2) is 6.53. The predicted molar refractivity (Wildman–Crippen MR) is 69.5 cm³/mol. The Morgan fingerprint density at radius 2 is 2.11 bits per heavy atom. The molecule has 96 valence electrons. The van der Waals surface area contributed by atoms with Crippen molar-refractivity contribution in [3.05, 3.63) is 35.6 Å². The maximum atomic E-state index is 12.7. The minimum atomic E-state index is -0.234. The van der Waals surface area contributed by atoms with E-state index >= 15 is 0 Å². The van der Waals surface area contributed by atoms with Gasteiger partial charge in [-0.25, -0.2) is 4.39 Å². The van der Waals surface area contributed by atoms with E-state index in [-0.39, 0.29) is 12.4 Å². The second-order valence-corrected chi connectivity index (χ2v) is 4.73. The number of hydrogen-bond acceptors (Lipinski definition) is 2. The number of likely N-dealkylation sites (tertiary alicyclic amines) is 1. The minimum Gasteiger partial charge on any atom is -0.396 e. The fourth-order valence-electron chi connectivity index (χ4n) is 2.23. The molecule has 1 unspecified atom stereocenters. The van der Waals surface area contributed by atoms with Crippen LogP contribution in [0.5, 0.6) is 0 Å². The summed E-state index contributed by atoms with van der Waals surface area (Å²) in [5, 5.41) is 9.14. The van der Waals surface area contributed by atoms with Gasteiger partial charge in [-0.3, -0.25) is 4.90 Å². The molecule has 3 heteroatoms. The number of rotatable bonds is 2. The standard InChI is InChI=1S/C15H18FNO/c16-15-7-5-13(6-8-15)3-1-9-17-10-2-4-14(11-17)12-18/h5-8,14,18H,2,4,9-12H2. The summed E-state index contributed by atoms with van der Waals surface area (Å²) in [5.41, 5.74) is 0.840. The summed E-state index contributed by atoms with van der Waals surface area (Å²) in [6.07, 6.45) is 2.24. The molecule has 0 amide bonds. The van der Waals surface area contributed by atoms with E-state index in [4.69, 9.17) is 5.11 Å². The molecular weight excluding hydrogens is 229 g/mol. The Kier molecular flexibility index (Phi) is 4.74. The van der Waals surface area contributed by atoms with Gasteiger partial charge in [0, 0.05) is 18.7 Å². The number of aliphatic hydroxyl groups excluding tert-OH is 1. The first-order valence-electron chi connectivity index (χ1n) is 6.35. The lowest BCUT2D eigenvalue weighted by atomic mass is 9.99. The fraction of sp³-hybridized carbons (Fsp3) is 0.467. The zero-order valence-corrected chi connectivity index (χ0v) is 10.4. The van der Waals surface area contributed by atoms with Crippen LogP contribution in [-0.4, -0.2) is 36.2 Å². The van der Waals surface area contributed by atoms with E-state index in [1.165, 1.54) is 12.1 Å². The van der Waals surface area contributed by atoms with Crippen LogP contribution in [0.1, 0.15) is 18.4 Å². The molecule has 0 radical (unpaired) electrons. The first-order chi connectivity index (χ1) is 8.78. The van der Waals surface area contributed by atoms with Gasteiger partial charge in [-0.15, -0.1) is 0 Å². The normalized spacial score (nSPS) is 20.2. The van der Waals surface area contributed by atoms with Gasteiger partial charge in [0.2, 0.25) is 0 Å². The fourth-order valence-corrected chi connectivity index (χ4v) is 2.23. The summed E-state index contributed by atoms with van der Waals surface area (Å²) in [7, 11) is 0.